The lowest BCUT2D eigenvalue weighted by molar-refractivity contribution is -0.219. The lowest BCUT2D eigenvalue weighted by atomic mass is 9.83. The second-order valence-electron chi connectivity index (χ2n) is 10.00. The molecule has 0 amide bonds. The van der Waals surface area contributed by atoms with E-state index < -0.39 is 54.5 Å². The first kappa shape index (κ1) is 26.1. The fraction of sp³-hybridized carbons (Fsp3) is 0.640. The van der Waals surface area contributed by atoms with Crippen LogP contribution in [0.2, 0.25) is 0 Å². The van der Waals surface area contributed by atoms with E-state index in [0.717, 1.165) is 30.7 Å². The van der Waals surface area contributed by atoms with Crippen LogP contribution >= 0.6 is 0 Å². The van der Waals surface area contributed by atoms with E-state index in [1.807, 2.05) is 0 Å². The van der Waals surface area contributed by atoms with Crippen molar-refractivity contribution in [3.63, 3.8) is 0 Å². The van der Waals surface area contributed by atoms with Crippen LogP contribution < -0.4 is 0 Å². The Labute approximate surface area is 212 Å². The SMILES string of the molecule is CO[C@@H]1[C@@H](n2cc(-c3cc(F)c(F)c(F)c3)nn2)[C@@H](O)[C@@H](CO)O[C@@H]1C[C@H]1CC(C2CCCCC2)=NO1. The average molecular weight is 525 g/mol. The molecule has 0 bridgehead atoms. The van der Waals surface area contributed by atoms with E-state index in [1.54, 1.807) is 0 Å². The summed E-state index contributed by atoms with van der Waals surface area (Å²) in [6.45, 7) is -0.449. The third-order valence-electron chi connectivity index (χ3n) is 7.66. The Morgan fingerprint density at radius 1 is 1.11 bits per heavy atom. The van der Waals surface area contributed by atoms with Crippen LogP contribution in [0.3, 0.4) is 0 Å². The normalized spacial score (nSPS) is 30.8. The number of benzene rings is 1. The van der Waals surface area contributed by atoms with Crippen molar-refractivity contribution < 1.29 is 37.7 Å². The molecule has 12 heteroatoms. The van der Waals surface area contributed by atoms with Gasteiger partial charge in [-0.2, -0.15) is 0 Å². The molecule has 2 aliphatic heterocycles. The zero-order valence-corrected chi connectivity index (χ0v) is 20.5. The second kappa shape index (κ2) is 11.1. The quantitative estimate of drug-likeness (QED) is 0.536. The Kier molecular flexibility index (Phi) is 7.80. The number of oxime groups is 1. The van der Waals surface area contributed by atoms with Crippen LogP contribution in [0.25, 0.3) is 11.3 Å². The van der Waals surface area contributed by atoms with Gasteiger partial charge in [-0.1, -0.05) is 29.6 Å². The molecule has 1 aliphatic carbocycles. The van der Waals surface area contributed by atoms with Crippen molar-refractivity contribution >= 4 is 5.71 Å². The number of aliphatic hydroxyl groups excluding tert-OH is 2. The van der Waals surface area contributed by atoms with E-state index in [0.29, 0.717) is 18.8 Å². The van der Waals surface area contributed by atoms with Crippen molar-refractivity contribution in [2.75, 3.05) is 13.7 Å². The summed E-state index contributed by atoms with van der Waals surface area (Å²) in [5.74, 6) is -3.83. The zero-order valence-electron chi connectivity index (χ0n) is 20.5. The van der Waals surface area contributed by atoms with E-state index in [1.165, 1.54) is 37.3 Å². The molecule has 3 heterocycles. The van der Waals surface area contributed by atoms with Crippen LogP contribution in [0.1, 0.15) is 51.0 Å². The van der Waals surface area contributed by atoms with Crippen LogP contribution in [-0.2, 0) is 14.3 Å². The Bertz CT molecular complexity index is 1100. The van der Waals surface area contributed by atoms with Crippen molar-refractivity contribution in [3.05, 3.63) is 35.8 Å². The summed E-state index contributed by atoms with van der Waals surface area (Å²) in [4.78, 5) is 5.74. The highest BCUT2D eigenvalue weighted by molar-refractivity contribution is 5.87. The molecule has 2 N–H and O–H groups in total. The van der Waals surface area contributed by atoms with Crippen molar-refractivity contribution in [1.82, 2.24) is 15.0 Å². The third-order valence-corrected chi connectivity index (χ3v) is 7.66. The highest BCUT2D eigenvalue weighted by Crippen LogP contribution is 2.37. The number of hydrogen-bond acceptors (Lipinski definition) is 8. The molecule has 5 rings (SSSR count). The predicted molar refractivity (Wildman–Crippen MR) is 125 cm³/mol. The highest BCUT2D eigenvalue weighted by atomic mass is 19.2. The topological polar surface area (TPSA) is 111 Å². The minimum absolute atomic E-state index is 0.0137. The van der Waals surface area contributed by atoms with Gasteiger partial charge in [-0.25, -0.2) is 17.9 Å². The summed E-state index contributed by atoms with van der Waals surface area (Å²) in [5.41, 5.74) is 1.14. The number of nitrogens with zero attached hydrogens (tertiary/aromatic N) is 4. The number of aliphatic hydroxyl groups is 2. The van der Waals surface area contributed by atoms with Gasteiger partial charge in [0.1, 0.15) is 36.2 Å². The summed E-state index contributed by atoms with van der Waals surface area (Å²) in [5, 5.41) is 33.3. The van der Waals surface area contributed by atoms with E-state index in [2.05, 4.69) is 15.5 Å². The molecule has 1 aromatic heterocycles. The van der Waals surface area contributed by atoms with Crippen LogP contribution in [0.4, 0.5) is 13.2 Å². The summed E-state index contributed by atoms with van der Waals surface area (Å²) in [6, 6.07) is 0.806. The summed E-state index contributed by atoms with van der Waals surface area (Å²) in [7, 11) is 1.47. The molecule has 0 unspecified atom stereocenters. The van der Waals surface area contributed by atoms with Crippen LogP contribution in [0, 0.1) is 23.4 Å². The second-order valence-corrected chi connectivity index (χ2v) is 10.00. The number of aromatic nitrogens is 3. The minimum atomic E-state index is -1.58. The number of hydrogen-bond donors (Lipinski definition) is 2. The standard InChI is InChI=1S/C25H31F3N4O5/c1-35-25-20(10-15-9-18(30-37-15)13-5-3-2-4-6-13)36-21(12-33)24(34)23(25)32-11-19(29-31-32)14-7-16(26)22(28)17(27)8-14/h7-8,11,13,15,20-21,23-25,33-34H,2-6,9-10,12H2,1H3/t15-,20-,21-,23+,24+,25+/m1/s1. The minimum Gasteiger partial charge on any atom is -0.394 e. The van der Waals surface area contributed by atoms with Gasteiger partial charge in [-0.15, -0.1) is 5.10 Å². The first-order valence-corrected chi connectivity index (χ1v) is 12.7. The number of methoxy groups -OCH3 is 1. The van der Waals surface area contributed by atoms with E-state index in [4.69, 9.17) is 14.3 Å². The predicted octanol–water partition coefficient (Wildman–Crippen LogP) is 3.15. The van der Waals surface area contributed by atoms with Crippen LogP contribution in [0.15, 0.2) is 23.5 Å². The molecule has 0 radical (unpaired) electrons. The molecule has 1 saturated carbocycles. The Balaban J connectivity index is 1.34. The summed E-state index contributed by atoms with van der Waals surface area (Å²) < 4.78 is 54.0. The zero-order chi connectivity index (χ0) is 26.1. The largest absolute Gasteiger partial charge is 0.394 e. The molecule has 1 saturated heterocycles. The maximum absolute atomic E-state index is 13.8. The molecule has 37 heavy (non-hydrogen) atoms. The van der Waals surface area contributed by atoms with E-state index in [-0.39, 0.29) is 17.4 Å². The van der Waals surface area contributed by atoms with Crippen LogP contribution in [0.5, 0.6) is 0 Å². The van der Waals surface area contributed by atoms with Gasteiger partial charge < -0.3 is 24.5 Å². The van der Waals surface area contributed by atoms with Gasteiger partial charge in [-0.3, -0.25) is 0 Å². The fourth-order valence-electron chi connectivity index (χ4n) is 5.73. The monoisotopic (exact) mass is 524 g/mol. The van der Waals surface area contributed by atoms with Gasteiger partial charge in [0.05, 0.1) is 24.6 Å². The fourth-order valence-corrected chi connectivity index (χ4v) is 5.73. The molecular formula is C25H31F3N4O5. The molecule has 202 valence electrons. The summed E-state index contributed by atoms with van der Waals surface area (Å²) in [6.07, 6.45) is 4.69. The number of halogens is 3. The molecule has 9 nitrogen and oxygen atoms in total. The Hall–Kier alpha value is -2.54. The van der Waals surface area contributed by atoms with E-state index in [9.17, 15) is 23.4 Å². The lowest BCUT2D eigenvalue weighted by Gasteiger charge is -2.44. The van der Waals surface area contributed by atoms with Crippen molar-refractivity contribution in [2.45, 2.75) is 81.5 Å². The first-order valence-electron chi connectivity index (χ1n) is 12.7. The molecule has 2 fully saturated rings. The van der Waals surface area contributed by atoms with Gasteiger partial charge in [0.25, 0.3) is 0 Å². The highest BCUT2D eigenvalue weighted by Gasteiger charge is 2.48. The maximum atomic E-state index is 13.8. The van der Waals surface area contributed by atoms with Gasteiger partial charge in [0.2, 0.25) is 0 Å². The maximum Gasteiger partial charge on any atom is 0.194 e. The molecular weight excluding hydrogens is 493 g/mol. The lowest BCUT2D eigenvalue weighted by Crippen LogP contribution is -2.57. The van der Waals surface area contributed by atoms with Gasteiger partial charge in [-0.05, 0) is 25.0 Å². The smallest absolute Gasteiger partial charge is 0.194 e. The van der Waals surface area contributed by atoms with Crippen molar-refractivity contribution in [3.8, 4) is 11.3 Å². The Morgan fingerprint density at radius 2 is 1.84 bits per heavy atom. The van der Waals surface area contributed by atoms with Gasteiger partial charge in [0.15, 0.2) is 17.5 Å². The Morgan fingerprint density at radius 3 is 2.51 bits per heavy atom. The van der Waals surface area contributed by atoms with Gasteiger partial charge in [0, 0.05) is 31.4 Å². The third kappa shape index (κ3) is 5.25. The van der Waals surface area contributed by atoms with Crippen molar-refractivity contribution in [1.29, 1.82) is 0 Å². The molecule has 0 spiro atoms. The number of rotatable bonds is 7. The van der Waals surface area contributed by atoms with Crippen molar-refractivity contribution in [2.24, 2.45) is 11.1 Å². The van der Waals surface area contributed by atoms with Crippen LogP contribution in [-0.4, -0.2) is 75.2 Å². The molecule has 1 aromatic carbocycles. The molecule has 6 atom stereocenters. The first-order chi connectivity index (χ1) is 17.9. The van der Waals surface area contributed by atoms with E-state index >= 15 is 0 Å². The molecule has 2 aromatic rings. The number of ether oxygens (including phenoxy) is 2. The average Bonchev–Trinajstić information content (AvgIpc) is 3.58. The van der Waals surface area contributed by atoms with Gasteiger partial charge >= 0.3 is 0 Å². The molecule has 3 aliphatic rings. The summed E-state index contributed by atoms with van der Waals surface area (Å²) >= 11 is 0.